The van der Waals surface area contributed by atoms with E-state index in [-0.39, 0.29) is 28.6 Å². The number of ketones is 1. The molecule has 4 heteroatoms. The SMILES string of the molecule is C[C@H]1CC[C@@H]2[C@@H](CC[C@@]2(C)O)C(C)(C)C1=CC[C@@H]1[C@@]2(C)CCC(=O)C(C)(C)O[C@@H]2CC[C@]1(C)O. The van der Waals surface area contributed by atoms with Crippen molar-refractivity contribution in [3.05, 3.63) is 11.6 Å². The van der Waals surface area contributed by atoms with Crippen LogP contribution in [0, 0.1) is 34.5 Å². The molecule has 1 aliphatic heterocycles. The Bertz CT molecular complexity index is 835. The molecule has 0 aromatic rings. The van der Waals surface area contributed by atoms with Gasteiger partial charge in [0.05, 0.1) is 17.3 Å². The van der Waals surface area contributed by atoms with Crippen molar-refractivity contribution in [3.63, 3.8) is 0 Å². The molecular formula is C30H50O4. The van der Waals surface area contributed by atoms with Crippen molar-refractivity contribution in [2.75, 3.05) is 0 Å². The maximum absolute atomic E-state index is 12.8. The Kier molecular flexibility index (Phi) is 6.52. The molecule has 194 valence electrons. The van der Waals surface area contributed by atoms with Gasteiger partial charge < -0.3 is 14.9 Å². The summed E-state index contributed by atoms with van der Waals surface area (Å²) >= 11 is 0. The molecule has 4 rings (SSSR count). The first-order valence-electron chi connectivity index (χ1n) is 13.9. The summed E-state index contributed by atoms with van der Waals surface area (Å²) in [6.45, 7) is 17.3. The Morgan fingerprint density at radius 2 is 1.53 bits per heavy atom. The van der Waals surface area contributed by atoms with Crippen molar-refractivity contribution in [2.45, 2.75) is 136 Å². The van der Waals surface area contributed by atoms with Crippen LogP contribution in [0.25, 0.3) is 0 Å². The van der Waals surface area contributed by atoms with Gasteiger partial charge in [-0.2, -0.15) is 0 Å². The molecule has 2 N–H and O–H groups in total. The number of carbonyl (C=O) groups is 1. The lowest BCUT2D eigenvalue weighted by Gasteiger charge is -2.54. The van der Waals surface area contributed by atoms with E-state index in [0.717, 1.165) is 44.9 Å². The molecule has 0 amide bonds. The molecule has 0 unspecified atom stereocenters. The molecule has 4 fully saturated rings. The number of carbonyl (C=O) groups excluding carboxylic acids is 1. The van der Waals surface area contributed by atoms with E-state index in [4.69, 9.17) is 4.74 Å². The Balaban J connectivity index is 1.67. The highest BCUT2D eigenvalue weighted by Gasteiger charge is 2.57. The molecule has 0 spiro atoms. The summed E-state index contributed by atoms with van der Waals surface area (Å²) in [4.78, 5) is 12.8. The molecule has 1 saturated heterocycles. The number of Topliss-reactive ketones (excluding diaryl/α,β-unsaturated/α-hetero) is 1. The second-order valence-corrected chi connectivity index (χ2v) is 14.2. The van der Waals surface area contributed by atoms with Crippen molar-refractivity contribution in [2.24, 2.45) is 34.5 Å². The van der Waals surface area contributed by atoms with Gasteiger partial charge in [-0.3, -0.25) is 4.79 Å². The number of ether oxygens (including phenoxy) is 1. The van der Waals surface area contributed by atoms with E-state index in [1.165, 1.54) is 5.57 Å². The molecule has 8 atom stereocenters. The summed E-state index contributed by atoms with van der Waals surface area (Å²) in [5.74, 6) is 1.55. The third-order valence-corrected chi connectivity index (χ3v) is 11.1. The molecular weight excluding hydrogens is 424 g/mol. The van der Waals surface area contributed by atoms with E-state index in [9.17, 15) is 15.0 Å². The smallest absolute Gasteiger partial charge is 0.164 e. The molecule has 1 heterocycles. The first-order valence-corrected chi connectivity index (χ1v) is 13.9. The van der Waals surface area contributed by atoms with Crippen molar-refractivity contribution in [3.8, 4) is 0 Å². The van der Waals surface area contributed by atoms with Gasteiger partial charge in [0.15, 0.2) is 5.78 Å². The topological polar surface area (TPSA) is 66.8 Å². The zero-order chi connectivity index (χ0) is 25.3. The third kappa shape index (κ3) is 4.24. The average molecular weight is 475 g/mol. The van der Waals surface area contributed by atoms with Crippen LogP contribution < -0.4 is 0 Å². The third-order valence-electron chi connectivity index (χ3n) is 11.1. The number of hydrogen-bond donors (Lipinski definition) is 2. The highest BCUT2D eigenvalue weighted by Crippen LogP contribution is 2.59. The Morgan fingerprint density at radius 3 is 2.21 bits per heavy atom. The molecule has 0 radical (unpaired) electrons. The number of aliphatic hydroxyl groups is 2. The quantitative estimate of drug-likeness (QED) is 0.466. The van der Waals surface area contributed by atoms with Gasteiger partial charge in [-0.25, -0.2) is 0 Å². The average Bonchev–Trinajstić information content (AvgIpc) is 2.93. The highest BCUT2D eigenvalue weighted by atomic mass is 16.5. The lowest BCUT2D eigenvalue weighted by atomic mass is 9.56. The van der Waals surface area contributed by atoms with Crippen molar-refractivity contribution in [1.82, 2.24) is 0 Å². The predicted octanol–water partition coefficient (Wildman–Crippen LogP) is 6.23. The van der Waals surface area contributed by atoms with Crippen LogP contribution in [-0.4, -0.2) is 38.9 Å². The Hall–Kier alpha value is -0.710. The van der Waals surface area contributed by atoms with Gasteiger partial charge in [-0.15, -0.1) is 0 Å². The molecule has 4 nitrogen and oxygen atoms in total. The number of fused-ring (bicyclic) bond motifs is 2. The monoisotopic (exact) mass is 474 g/mol. The van der Waals surface area contributed by atoms with Crippen LogP contribution >= 0.6 is 0 Å². The number of allylic oxidation sites excluding steroid dienone is 2. The fraction of sp³-hybridized carbons (Fsp3) is 0.900. The number of rotatable bonds is 2. The Morgan fingerprint density at radius 1 is 0.882 bits per heavy atom. The summed E-state index contributed by atoms with van der Waals surface area (Å²) in [7, 11) is 0. The van der Waals surface area contributed by atoms with Gasteiger partial charge in [0.25, 0.3) is 0 Å². The van der Waals surface area contributed by atoms with Gasteiger partial charge in [-0.05, 0) is 108 Å². The lowest BCUT2D eigenvalue weighted by molar-refractivity contribution is -0.193. The number of hydrogen-bond acceptors (Lipinski definition) is 4. The van der Waals surface area contributed by atoms with E-state index in [1.807, 2.05) is 27.7 Å². The molecule has 3 saturated carbocycles. The maximum atomic E-state index is 12.8. The zero-order valence-electron chi connectivity index (χ0n) is 23.0. The molecule has 0 aromatic carbocycles. The van der Waals surface area contributed by atoms with E-state index < -0.39 is 16.8 Å². The van der Waals surface area contributed by atoms with Crippen LogP contribution in [-0.2, 0) is 9.53 Å². The van der Waals surface area contributed by atoms with Crippen LogP contribution in [0.4, 0.5) is 0 Å². The van der Waals surface area contributed by atoms with Gasteiger partial charge in [0.2, 0.25) is 0 Å². The molecule has 0 bridgehead atoms. The van der Waals surface area contributed by atoms with Gasteiger partial charge in [0, 0.05) is 11.8 Å². The summed E-state index contributed by atoms with van der Waals surface area (Å²) in [5.41, 5.74) is -0.784. The molecule has 0 aromatic heterocycles. The van der Waals surface area contributed by atoms with Gasteiger partial charge in [-0.1, -0.05) is 39.3 Å². The minimum atomic E-state index is -0.777. The van der Waals surface area contributed by atoms with Gasteiger partial charge in [0.1, 0.15) is 5.60 Å². The van der Waals surface area contributed by atoms with Crippen molar-refractivity contribution >= 4 is 5.78 Å². The van der Waals surface area contributed by atoms with E-state index in [2.05, 4.69) is 33.8 Å². The Labute approximate surface area is 207 Å². The standard InChI is InChI=1S/C30H50O4/c1-19-9-10-22-21(13-17-29(22,7)32)26(2,3)20(19)11-12-23-28(6)16-14-24(31)27(4,5)34-25(28)15-18-30(23,8)33/h11,19,21-23,25,32-33H,9-10,12-18H2,1-8H3/t19-,21+,22+,23+,25+,28+,29+,30-/m0/s1. The van der Waals surface area contributed by atoms with Gasteiger partial charge >= 0.3 is 0 Å². The summed E-state index contributed by atoms with van der Waals surface area (Å²) in [6.07, 6.45) is 10.2. The maximum Gasteiger partial charge on any atom is 0.164 e. The van der Waals surface area contributed by atoms with Crippen molar-refractivity contribution in [1.29, 1.82) is 0 Å². The van der Waals surface area contributed by atoms with Crippen LogP contribution in [0.15, 0.2) is 11.6 Å². The first kappa shape index (κ1) is 26.4. The van der Waals surface area contributed by atoms with Crippen LogP contribution in [0.3, 0.4) is 0 Å². The predicted molar refractivity (Wildman–Crippen MR) is 136 cm³/mol. The fourth-order valence-electron chi connectivity index (χ4n) is 8.81. The summed E-state index contributed by atoms with van der Waals surface area (Å²) in [6, 6.07) is 0. The van der Waals surface area contributed by atoms with Crippen molar-refractivity contribution < 1.29 is 19.7 Å². The second-order valence-electron chi connectivity index (χ2n) is 14.2. The van der Waals surface area contributed by atoms with Crippen LogP contribution in [0.2, 0.25) is 0 Å². The highest BCUT2D eigenvalue weighted by molar-refractivity contribution is 5.86. The van der Waals surface area contributed by atoms with E-state index in [1.54, 1.807) is 0 Å². The second kappa shape index (κ2) is 8.42. The first-order chi connectivity index (χ1) is 15.5. The van der Waals surface area contributed by atoms with Crippen LogP contribution in [0.5, 0.6) is 0 Å². The molecule has 34 heavy (non-hydrogen) atoms. The summed E-state index contributed by atoms with van der Waals surface area (Å²) < 4.78 is 6.49. The largest absolute Gasteiger partial charge is 0.390 e. The fourth-order valence-corrected chi connectivity index (χ4v) is 8.81. The normalized spacial score (nSPS) is 49.8. The van der Waals surface area contributed by atoms with E-state index in [0.29, 0.717) is 30.6 Å². The lowest BCUT2D eigenvalue weighted by Crippen LogP contribution is -2.56. The molecule has 4 aliphatic rings. The molecule has 3 aliphatic carbocycles. The van der Waals surface area contributed by atoms with Crippen LogP contribution in [0.1, 0.15) is 113 Å². The van der Waals surface area contributed by atoms with E-state index >= 15 is 0 Å². The minimum Gasteiger partial charge on any atom is -0.390 e. The summed E-state index contributed by atoms with van der Waals surface area (Å²) in [5, 5.41) is 22.7. The minimum absolute atomic E-state index is 0.00792. The zero-order valence-corrected chi connectivity index (χ0v) is 23.0.